The van der Waals surface area contributed by atoms with Gasteiger partial charge in [0.05, 0.1) is 13.2 Å². The highest BCUT2D eigenvalue weighted by Gasteiger charge is 2.34. The van der Waals surface area contributed by atoms with Crippen LogP contribution in [0.4, 0.5) is 0 Å². The minimum Gasteiger partial charge on any atom is -0.462 e. The van der Waals surface area contributed by atoms with Gasteiger partial charge in [-0.15, -0.1) is 0 Å². The molecule has 0 aliphatic rings. The first kappa shape index (κ1) is 13.6. The number of hydrogen-bond acceptors (Lipinski definition) is 5. The fourth-order valence-corrected chi connectivity index (χ4v) is 1.30. The topological polar surface area (TPSA) is 78.8 Å². The molecule has 0 saturated heterocycles. The molecule has 5 heteroatoms. The Hall–Kier alpha value is -1.43. The Morgan fingerprint density at radius 1 is 1.35 bits per heavy atom. The van der Waals surface area contributed by atoms with Crippen LogP contribution in [0.25, 0.3) is 0 Å². The minimum absolute atomic E-state index is 0.111. The lowest BCUT2D eigenvalue weighted by molar-refractivity contribution is -0.207. The van der Waals surface area contributed by atoms with Crippen LogP contribution in [-0.2, 0) is 16.1 Å². The maximum atomic E-state index is 11.1. The molecule has 0 saturated carbocycles. The van der Waals surface area contributed by atoms with E-state index in [1.807, 2.05) is 30.3 Å². The lowest BCUT2D eigenvalue weighted by atomic mass is 10.2. The summed E-state index contributed by atoms with van der Waals surface area (Å²) in [5.41, 5.74) is 0.993. The second-order valence-corrected chi connectivity index (χ2v) is 3.63. The van der Waals surface area contributed by atoms with Crippen molar-refractivity contribution in [1.29, 1.82) is 0 Å². The summed E-state index contributed by atoms with van der Waals surface area (Å²) in [5, 5.41) is 21.6. The van der Waals surface area contributed by atoms with Crippen LogP contribution < -0.4 is 5.32 Å². The van der Waals surface area contributed by atoms with Crippen molar-refractivity contribution in [3.05, 3.63) is 35.9 Å². The van der Waals surface area contributed by atoms with Crippen molar-refractivity contribution in [2.75, 3.05) is 13.2 Å². The van der Waals surface area contributed by atoms with Gasteiger partial charge in [0.1, 0.15) is 0 Å². The van der Waals surface area contributed by atoms with E-state index in [2.05, 4.69) is 10.1 Å². The summed E-state index contributed by atoms with van der Waals surface area (Å²) >= 11 is 0. The molecule has 0 aliphatic heterocycles. The molecule has 5 nitrogen and oxygen atoms in total. The number of aliphatic hydroxyl groups is 2. The molecule has 0 atom stereocenters. The van der Waals surface area contributed by atoms with Crippen LogP contribution in [-0.4, -0.2) is 35.1 Å². The number of carbonyl (C=O) groups is 1. The van der Waals surface area contributed by atoms with Gasteiger partial charge in [0, 0.05) is 6.54 Å². The number of hydrogen-bond donors (Lipinski definition) is 3. The maximum absolute atomic E-state index is 11.1. The Morgan fingerprint density at radius 2 is 2.00 bits per heavy atom. The van der Waals surface area contributed by atoms with E-state index in [1.165, 1.54) is 0 Å². The van der Waals surface area contributed by atoms with Crippen molar-refractivity contribution >= 4 is 5.97 Å². The highest BCUT2D eigenvalue weighted by molar-refractivity contribution is 5.77. The Labute approximate surface area is 100 Å². The molecule has 0 radical (unpaired) electrons. The average molecular weight is 239 g/mol. The molecule has 3 N–H and O–H groups in total. The molecule has 17 heavy (non-hydrogen) atoms. The molecule has 1 aromatic carbocycles. The molecule has 1 aromatic rings. The predicted octanol–water partition coefficient (Wildman–Crippen LogP) is 0.0202. The van der Waals surface area contributed by atoms with E-state index >= 15 is 0 Å². The maximum Gasteiger partial charge on any atom is 0.367 e. The highest BCUT2D eigenvalue weighted by atomic mass is 16.6. The zero-order valence-electron chi connectivity index (χ0n) is 9.72. The van der Waals surface area contributed by atoms with Crippen LogP contribution >= 0.6 is 0 Å². The largest absolute Gasteiger partial charge is 0.462 e. The van der Waals surface area contributed by atoms with Crippen LogP contribution in [0.2, 0.25) is 0 Å². The Morgan fingerprint density at radius 3 is 2.59 bits per heavy atom. The molecular formula is C12H17NO4. The summed E-state index contributed by atoms with van der Waals surface area (Å²) in [6.45, 7) is 1.88. The second kappa shape index (κ2) is 6.34. The highest BCUT2D eigenvalue weighted by Crippen LogP contribution is 2.03. The van der Waals surface area contributed by atoms with Gasteiger partial charge in [0.25, 0.3) is 5.79 Å². The zero-order valence-corrected chi connectivity index (χ0v) is 9.72. The third kappa shape index (κ3) is 4.52. The lowest BCUT2D eigenvalue weighted by Gasteiger charge is -2.19. The summed E-state index contributed by atoms with van der Waals surface area (Å²) in [4.78, 5) is 11.1. The molecule has 0 heterocycles. The monoisotopic (exact) mass is 239 g/mol. The molecular weight excluding hydrogens is 222 g/mol. The van der Waals surface area contributed by atoms with E-state index in [0.29, 0.717) is 6.54 Å². The molecule has 94 valence electrons. The Balaban J connectivity index is 2.37. The summed E-state index contributed by atoms with van der Waals surface area (Å²) < 4.78 is 4.53. The van der Waals surface area contributed by atoms with Crippen molar-refractivity contribution in [2.45, 2.75) is 19.3 Å². The van der Waals surface area contributed by atoms with Crippen molar-refractivity contribution in [2.24, 2.45) is 0 Å². The van der Waals surface area contributed by atoms with Crippen LogP contribution in [0.3, 0.4) is 0 Å². The first-order chi connectivity index (χ1) is 8.06. The first-order valence-corrected chi connectivity index (χ1v) is 5.43. The number of nitrogens with one attached hydrogen (secondary N) is 1. The molecule has 0 bridgehead atoms. The third-order valence-corrected chi connectivity index (χ3v) is 2.15. The summed E-state index contributed by atoms with van der Waals surface area (Å²) in [5.74, 6) is -3.52. The lowest BCUT2D eigenvalue weighted by Crippen LogP contribution is -2.48. The molecule has 0 fully saturated rings. The number of rotatable bonds is 6. The normalized spacial score (nSPS) is 11.2. The van der Waals surface area contributed by atoms with E-state index in [-0.39, 0.29) is 13.2 Å². The average Bonchev–Trinajstić information content (AvgIpc) is 2.30. The minimum atomic E-state index is -2.48. The smallest absolute Gasteiger partial charge is 0.367 e. The summed E-state index contributed by atoms with van der Waals surface area (Å²) in [6, 6.07) is 9.45. The SMILES string of the molecule is CCOC(=O)C(O)(O)CNCc1ccccc1. The van der Waals surface area contributed by atoms with Crippen LogP contribution in [0.15, 0.2) is 30.3 Å². The standard InChI is InChI=1S/C12H17NO4/c1-2-17-11(14)12(15,16)9-13-8-10-6-4-3-5-7-10/h3-7,13,15-16H,2,8-9H2,1H3. The van der Waals surface area contributed by atoms with Crippen molar-refractivity contribution in [3.8, 4) is 0 Å². The van der Waals surface area contributed by atoms with Crippen LogP contribution in [0.1, 0.15) is 12.5 Å². The summed E-state index contributed by atoms with van der Waals surface area (Å²) in [6.07, 6.45) is 0. The number of carbonyl (C=O) groups excluding carboxylic acids is 1. The van der Waals surface area contributed by atoms with E-state index in [0.717, 1.165) is 5.56 Å². The van der Waals surface area contributed by atoms with Crippen molar-refractivity contribution < 1.29 is 19.7 Å². The predicted molar refractivity (Wildman–Crippen MR) is 62.0 cm³/mol. The number of ether oxygens (including phenoxy) is 1. The van der Waals surface area contributed by atoms with E-state index in [1.54, 1.807) is 6.92 Å². The van der Waals surface area contributed by atoms with Crippen molar-refractivity contribution in [1.82, 2.24) is 5.32 Å². The van der Waals surface area contributed by atoms with Gasteiger partial charge in [0.2, 0.25) is 0 Å². The van der Waals surface area contributed by atoms with Gasteiger partial charge in [-0.05, 0) is 12.5 Å². The Bertz CT molecular complexity index is 351. The van der Waals surface area contributed by atoms with Crippen molar-refractivity contribution in [3.63, 3.8) is 0 Å². The van der Waals surface area contributed by atoms with E-state index in [4.69, 9.17) is 0 Å². The molecule has 1 rings (SSSR count). The van der Waals surface area contributed by atoms with Gasteiger partial charge in [-0.25, -0.2) is 4.79 Å². The fourth-order valence-electron chi connectivity index (χ4n) is 1.30. The summed E-state index contributed by atoms with van der Waals surface area (Å²) in [7, 11) is 0. The number of benzene rings is 1. The van der Waals surface area contributed by atoms with Gasteiger partial charge in [-0.1, -0.05) is 30.3 Å². The van der Waals surface area contributed by atoms with Gasteiger partial charge >= 0.3 is 5.97 Å². The quantitative estimate of drug-likeness (QED) is 0.482. The first-order valence-electron chi connectivity index (χ1n) is 5.43. The fraction of sp³-hybridized carbons (Fsp3) is 0.417. The Kier molecular flexibility index (Phi) is 5.09. The van der Waals surface area contributed by atoms with Crippen LogP contribution in [0, 0.1) is 0 Å². The van der Waals surface area contributed by atoms with Gasteiger partial charge in [0.15, 0.2) is 0 Å². The second-order valence-electron chi connectivity index (χ2n) is 3.63. The van der Waals surface area contributed by atoms with Gasteiger partial charge in [-0.2, -0.15) is 0 Å². The molecule has 0 amide bonds. The van der Waals surface area contributed by atoms with Gasteiger partial charge in [-0.3, -0.25) is 0 Å². The molecule has 0 aliphatic carbocycles. The van der Waals surface area contributed by atoms with E-state index in [9.17, 15) is 15.0 Å². The third-order valence-electron chi connectivity index (χ3n) is 2.15. The molecule has 0 unspecified atom stereocenters. The van der Waals surface area contributed by atoms with Crippen LogP contribution in [0.5, 0.6) is 0 Å². The van der Waals surface area contributed by atoms with E-state index < -0.39 is 11.8 Å². The molecule has 0 spiro atoms. The zero-order chi connectivity index (χ0) is 12.7. The number of esters is 1. The van der Waals surface area contributed by atoms with Gasteiger partial charge < -0.3 is 20.3 Å². The molecule has 0 aromatic heterocycles.